The zero-order valence-corrected chi connectivity index (χ0v) is 63.7. The lowest BCUT2D eigenvalue weighted by atomic mass is 9.56. The SMILES string of the molecule is CCCCC(C)OCC(C)C(C)OCC(=O)CCC(=O)OC(OC(=O)CCC(=O)OCCOc1ccc(C2(c3ccc(OCCOC)cc3)C=Cc3c4c(c5ccc(OC)cc5c3O2)-c2ccc(OC)cc2C42CCC3(CCCCC3)CC2)cc1)OC(=O)CCC(=O)OC(C)C(C)COC(C)CCCC. The van der Waals surface area contributed by atoms with Gasteiger partial charge < -0.3 is 66.3 Å². The van der Waals surface area contributed by atoms with Crippen LogP contribution in [0.5, 0.6) is 28.7 Å². The van der Waals surface area contributed by atoms with Gasteiger partial charge in [-0.25, -0.2) is 0 Å². The molecule has 3 aliphatic carbocycles. The minimum absolute atomic E-state index is 0.00756. The summed E-state index contributed by atoms with van der Waals surface area (Å²) in [4.78, 5) is 78.5. The number of rotatable bonds is 42. The van der Waals surface area contributed by atoms with Crippen molar-refractivity contribution in [1.29, 1.82) is 0 Å². The number of fused-ring (bicyclic) bond motifs is 10. The fraction of sp³-hybridized carbons (Fsp3) is 0.576. The number of esters is 5. The van der Waals surface area contributed by atoms with Crippen LogP contribution in [0.25, 0.3) is 28.0 Å². The molecule has 0 saturated heterocycles. The highest BCUT2D eigenvalue weighted by Gasteiger charge is 2.53. The van der Waals surface area contributed by atoms with Crippen LogP contribution in [0.1, 0.15) is 218 Å². The Morgan fingerprint density at radius 3 is 1.58 bits per heavy atom. The maximum atomic E-state index is 13.3. The van der Waals surface area contributed by atoms with Crippen LogP contribution in [0.2, 0.25) is 0 Å². The van der Waals surface area contributed by atoms with Crippen LogP contribution >= 0.6 is 0 Å². The minimum atomic E-state index is -2.21. The van der Waals surface area contributed by atoms with Crippen molar-refractivity contribution in [1.82, 2.24) is 0 Å². The predicted octanol–water partition coefficient (Wildman–Crippen LogP) is 16.6. The number of methoxy groups -OCH3 is 3. The maximum Gasteiger partial charge on any atom is 0.412 e. The molecule has 4 aliphatic rings. The van der Waals surface area contributed by atoms with Crippen molar-refractivity contribution in [2.24, 2.45) is 17.3 Å². The average molecular weight is 1450 g/mol. The first kappa shape index (κ1) is 81.0. The van der Waals surface area contributed by atoms with E-state index >= 15 is 0 Å². The van der Waals surface area contributed by atoms with Gasteiger partial charge in [0.15, 0.2) is 11.4 Å². The highest BCUT2D eigenvalue weighted by Crippen LogP contribution is 2.65. The molecular weight excluding hydrogens is 1340 g/mol. The van der Waals surface area contributed by atoms with Crippen molar-refractivity contribution >= 4 is 52.5 Å². The summed E-state index contributed by atoms with van der Waals surface area (Å²) in [7, 11) is 5.06. The number of carbonyl (C=O) groups excluding carboxylic acids is 6. The molecule has 0 bridgehead atoms. The van der Waals surface area contributed by atoms with Gasteiger partial charge in [-0.3, -0.25) is 28.8 Å². The van der Waals surface area contributed by atoms with E-state index in [2.05, 4.69) is 56.3 Å². The third kappa shape index (κ3) is 21.4. The summed E-state index contributed by atoms with van der Waals surface area (Å²) in [5, 5.41) is 2.01. The smallest absolute Gasteiger partial charge is 0.412 e. The van der Waals surface area contributed by atoms with Crippen molar-refractivity contribution in [2.45, 2.75) is 232 Å². The van der Waals surface area contributed by atoms with Crippen LogP contribution in [-0.2, 0) is 82.4 Å². The van der Waals surface area contributed by atoms with Gasteiger partial charge in [0.2, 0.25) is 0 Å². The lowest BCUT2D eigenvalue weighted by molar-refractivity contribution is -0.258. The van der Waals surface area contributed by atoms with Gasteiger partial charge in [-0.1, -0.05) is 109 Å². The average Bonchev–Trinajstić information content (AvgIpc) is 1.55. The minimum Gasteiger partial charge on any atom is -0.497 e. The molecule has 9 rings (SSSR count). The Labute approximate surface area is 620 Å². The van der Waals surface area contributed by atoms with Crippen molar-refractivity contribution in [3.05, 3.63) is 119 Å². The van der Waals surface area contributed by atoms with Crippen LogP contribution < -0.4 is 23.7 Å². The molecule has 2 fully saturated rings. The normalized spacial score (nSPS) is 18.0. The molecule has 2 spiro atoms. The number of Topliss-reactive ketones (excluding diaryl/α,β-unsaturated/α-hetero) is 1. The predicted molar refractivity (Wildman–Crippen MR) is 398 cm³/mol. The molecule has 5 aromatic rings. The topological polar surface area (TPSA) is 232 Å². The van der Waals surface area contributed by atoms with Gasteiger partial charge in [-0.15, -0.1) is 0 Å². The van der Waals surface area contributed by atoms with Crippen LogP contribution in [0.4, 0.5) is 0 Å². The van der Waals surface area contributed by atoms with Gasteiger partial charge in [-0.2, -0.15) is 0 Å². The van der Waals surface area contributed by atoms with E-state index in [0.29, 0.717) is 49.1 Å². The Bertz CT molecular complexity index is 3710. The summed E-state index contributed by atoms with van der Waals surface area (Å²) in [5.41, 5.74) is 6.73. The molecule has 0 radical (unpaired) electrons. The highest BCUT2D eigenvalue weighted by molar-refractivity contribution is 6.09. The number of carbonyl (C=O) groups is 6. The molecule has 5 aromatic carbocycles. The van der Waals surface area contributed by atoms with Crippen LogP contribution in [0.3, 0.4) is 0 Å². The van der Waals surface area contributed by atoms with Crippen LogP contribution in [0, 0.1) is 17.3 Å². The van der Waals surface area contributed by atoms with Crippen molar-refractivity contribution in [3.8, 4) is 39.9 Å². The van der Waals surface area contributed by atoms with E-state index in [1.54, 1.807) is 28.3 Å². The molecule has 8 unspecified atom stereocenters. The molecule has 1 heterocycles. The summed E-state index contributed by atoms with van der Waals surface area (Å²) in [5.74, 6) is -1.68. The van der Waals surface area contributed by atoms with E-state index in [9.17, 15) is 28.8 Å². The number of ether oxygens (including phenoxy) is 14. The molecule has 20 heteroatoms. The van der Waals surface area contributed by atoms with Gasteiger partial charge in [-0.05, 0) is 173 Å². The fourth-order valence-corrected chi connectivity index (χ4v) is 14.8. The number of hydrogen-bond donors (Lipinski definition) is 0. The van der Waals surface area contributed by atoms with Crippen LogP contribution in [-0.4, -0.2) is 134 Å². The first-order valence-electron chi connectivity index (χ1n) is 38.2. The van der Waals surface area contributed by atoms with Gasteiger partial charge in [0.1, 0.15) is 61.3 Å². The van der Waals surface area contributed by atoms with E-state index in [1.807, 2.05) is 89.2 Å². The molecule has 20 nitrogen and oxygen atoms in total. The second kappa shape index (κ2) is 39.0. The zero-order valence-electron chi connectivity index (χ0n) is 63.7. The Morgan fingerprint density at radius 2 is 1.02 bits per heavy atom. The van der Waals surface area contributed by atoms with E-state index in [4.69, 9.17) is 66.3 Å². The third-order valence-electron chi connectivity index (χ3n) is 21.6. The first-order chi connectivity index (χ1) is 50.7. The van der Waals surface area contributed by atoms with Gasteiger partial charge >= 0.3 is 36.3 Å². The molecule has 8 atom stereocenters. The van der Waals surface area contributed by atoms with Crippen molar-refractivity contribution in [2.75, 3.05) is 67.6 Å². The summed E-state index contributed by atoms with van der Waals surface area (Å²) in [6.45, 7) is 14.7. The largest absolute Gasteiger partial charge is 0.497 e. The van der Waals surface area contributed by atoms with Crippen molar-refractivity contribution < 1.29 is 95.1 Å². The van der Waals surface area contributed by atoms with Crippen LogP contribution in [0.15, 0.2) is 91.0 Å². The van der Waals surface area contributed by atoms with Gasteiger partial charge in [0.05, 0.1) is 84.5 Å². The number of unbranched alkanes of at least 4 members (excludes halogenated alkanes) is 2. The van der Waals surface area contributed by atoms with E-state index in [0.717, 1.165) is 103 Å². The number of hydrogen-bond acceptors (Lipinski definition) is 20. The Balaban J connectivity index is 0.841. The lowest BCUT2D eigenvalue weighted by Crippen LogP contribution is -2.39. The quantitative estimate of drug-likeness (QED) is 0.0153. The summed E-state index contributed by atoms with van der Waals surface area (Å²) >= 11 is 0. The lowest BCUT2D eigenvalue weighted by Gasteiger charge is -2.48. The van der Waals surface area contributed by atoms with Gasteiger partial charge in [0.25, 0.3) is 0 Å². The number of benzene rings is 5. The number of ketones is 1. The fourth-order valence-electron chi connectivity index (χ4n) is 14.8. The van der Waals surface area contributed by atoms with E-state index < -0.39 is 85.9 Å². The Kier molecular flexibility index (Phi) is 30.1. The first-order valence-corrected chi connectivity index (χ1v) is 38.2. The maximum absolute atomic E-state index is 13.3. The zero-order chi connectivity index (χ0) is 75.1. The summed E-state index contributed by atoms with van der Waals surface area (Å²) in [6, 6.07) is 28.5. The molecule has 1 aliphatic heterocycles. The second-order valence-electron chi connectivity index (χ2n) is 29.1. The summed E-state index contributed by atoms with van der Waals surface area (Å²) in [6.07, 6.45) is 18.0. The third-order valence-corrected chi connectivity index (χ3v) is 21.6. The molecule has 105 heavy (non-hydrogen) atoms. The standard InChI is InChI=1S/C85H112O20/c1-12-14-19-58(5)98-53-56(3)60(7)100-55-64(86)25-34-76(89)102-82(104-78(91)38-37-75(88)101-61(8)57(4)54-99-59(6)20-15-13-2)103-77(90)36-35-74(87)97-50-49-96-66-28-23-63(24-29-66)85(62-21-26-65(27-22-62)95-48-47-92-9)42-39-71-80-79(69-32-30-67(93-10)51-72(69)81(71)105-85)70-33-31-68(94-11)52-73(70)84(80)45-43-83(44-46-84)40-17-16-18-41-83/h21-24,26-33,39,42,51-52,56-61,82H,12-20,25,34-38,40-41,43-50,53-55H2,1-11H3. The monoisotopic (exact) mass is 1450 g/mol. The molecule has 0 aromatic heterocycles. The molecule has 0 N–H and O–H groups in total. The second-order valence-corrected chi connectivity index (χ2v) is 29.1. The summed E-state index contributed by atoms with van der Waals surface area (Å²) < 4.78 is 81.7. The molecular formula is C85H112O20. The Morgan fingerprint density at radius 1 is 0.505 bits per heavy atom. The molecule has 572 valence electrons. The molecule has 0 amide bonds. The Hall–Kier alpha value is -8.04. The molecule has 2 saturated carbocycles. The van der Waals surface area contributed by atoms with E-state index in [1.165, 1.54) is 54.4 Å². The van der Waals surface area contributed by atoms with E-state index in [-0.39, 0.29) is 61.8 Å². The highest BCUT2D eigenvalue weighted by atomic mass is 16.9. The van der Waals surface area contributed by atoms with Gasteiger partial charge in [0, 0.05) is 52.9 Å². The van der Waals surface area contributed by atoms with Crippen molar-refractivity contribution in [3.63, 3.8) is 0 Å².